The van der Waals surface area contributed by atoms with Crippen LogP contribution in [-0.2, 0) is 34.8 Å². The first-order valence-corrected chi connectivity index (χ1v) is 16.8. The van der Waals surface area contributed by atoms with Gasteiger partial charge in [-0.1, -0.05) is 50.3 Å². The third kappa shape index (κ3) is 6.35. The summed E-state index contributed by atoms with van der Waals surface area (Å²) in [5.41, 5.74) is 6.82. The van der Waals surface area contributed by atoms with Crippen molar-refractivity contribution in [2.24, 2.45) is 12.5 Å². The summed E-state index contributed by atoms with van der Waals surface area (Å²) in [6.45, 7) is 12.1. The third-order valence-corrected chi connectivity index (χ3v) is 9.57. The van der Waals surface area contributed by atoms with E-state index in [0.29, 0.717) is 13.1 Å². The molecule has 2 aromatic carbocycles. The van der Waals surface area contributed by atoms with Crippen LogP contribution in [0.4, 0.5) is 0 Å². The van der Waals surface area contributed by atoms with Crippen LogP contribution in [0.2, 0.25) is 0 Å². The number of Topliss-reactive ketones (excluding diaryl/α,β-unsaturated/α-hetero) is 1. The number of ether oxygens (including phenoxy) is 1. The number of hydrogen-bond acceptors (Lipinski definition) is 8. The molecule has 0 saturated carbocycles. The SMILES string of the molecule is CC[C@@H]1CN(Cc2cc([C@@H](c3ccc4c(nnn4C)c3C)C(C)(C)C(=O)CS(C)(=O)=O)ccc2C)Cc2cnccc2O1. The van der Waals surface area contributed by atoms with Gasteiger partial charge >= 0.3 is 0 Å². The van der Waals surface area contributed by atoms with Gasteiger partial charge in [0.15, 0.2) is 15.6 Å². The first-order valence-electron chi connectivity index (χ1n) is 14.7. The fourth-order valence-corrected chi connectivity index (χ4v) is 7.05. The summed E-state index contributed by atoms with van der Waals surface area (Å²) in [7, 11) is -1.66. The fourth-order valence-electron chi connectivity index (χ4n) is 6.21. The third-order valence-electron chi connectivity index (χ3n) is 8.79. The van der Waals surface area contributed by atoms with Crippen LogP contribution in [-0.4, -0.2) is 63.7 Å². The van der Waals surface area contributed by atoms with Crippen molar-refractivity contribution in [2.45, 2.75) is 66.2 Å². The van der Waals surface area contributed by atoms with Gasteiger partial charge in [-0.05, 0) is 60.2 Å². The van der Waals surface area contributed by atoms with Gasteiger partial charge in [0.2, 0.25) is 0 Å². The molecule has 0 fully saturated rings. The summed E-state index contributed by atoms with van der Waals surface area (Å²) in [4.78, 5) is 20.4. The molecule has 2 aromatic heterocycles. The Kier molecular flexibility index (Phi) is 8.46. The molecule has 3 heterocycles. The number of pyridine rings is 1. The molecule has 43 heavy (non-hydrogen) atoms. The number of rotatable bonds is 9. The zero-order chi connectivity index (χ0) is 31.1. The van der Waals surface area contributed by atoms with Crippen molar-refractivity contribution in [3.63, 3.8) is 0 Å². The first kappa shape index (κ1) is 30.8. The molecule has 228 valence electrons. The van der Waals surface area contributed by atoms with E-state index in [9.17, 15) is 13.2 Å². The summed E-state index contributed by atoms with van der Waals surface area (Å²) in [5, 5.41) is 8.60. The minimum Gasteiger partial charge on any atom is -0.489 e. The average molecular weight is 604 g/mol. The van der Waals surface area contributed by atoms with E-state index >= 15 is 0 Å². The van der Waals surface area contributed by atoms with Crippen LogP contribution >= 0.6 is 0 Å². The summed E-state index contributed by atoms with van der Waals surface area (Å²) < 4.78 is 32.5. The first-order chi connectivity index (χ1) is 20.3. The highest BCUT2D eigenvalue weighted by atomic mass is 32.2. The van der Waals surface area contributed by atoms with E-state index < -0.39 is 26.9 Å². The fraction of sp³-hybridized carbons (Fsp3) is 0.455. The lowest BCUT2D eigenvalue weighted by Gasteiger charge is -2.35. The molecule has 0 aliphatic carbocycles. The van der Waals surface area contributed by atoms with Gasteiger partial charge in [-0.25, -0.2) is 13.1 Å². The number of aryl methyl sites for hydroxylation is 3. The van der Waals surface area contributed by atoms with Crippen molar-refractivity contribution < 1.29 is 17.9 Å². The Morgan fingerprint density at radius 2 is 1.93 bits per heavy atom. The molecule has 0 N–H and O–H groups in total. The summed E-state index contributed by atoms with van der Waals surface area (Å²) in [5.74, 6) is -0.356. The van der Waals surface area contributed by atoms with Gasteiger partial charge < -0.3 is 4.74 Å². The van der Waals surface area contributed by atoms with Gasteiger partial charge in [-0.3, -0.25) is 14.7 Å². The molecule has 0 spiro atoms. The van der Waals surface area contributed by atoms with E-state index in [-0.39, 0.29) is 11.9 Å². The van der Waals surface area contributed by atoms with Gasteiger partial charge in [0, 0.05) is 62.2 Å². The van der Waals surface area contributed by atoms with Gasteiger partial charge in [0.25, 0.3) is 0 Å². The molecule has 0 bridgehead atoms. The van der Waals surface area contributed by atoms with E-state index in [2.05, 4.69) is 52.2 Å². The van der Waals surface area contributed by atoms with Crippen LogP contribution in [0.15, 0.2) is 48.8 Å². The standard InChI is InChI=1S/C33H41N5O4S/c1-8-26-19-38(18-25-16-34-14-13-29(25)42-26)17-24-15-23(10-9-21(24)2)31(33(4,5)30(39)20-43(7,40)41)27-11-12-28-32(22(27)3)35-36-37(28)6/h9-16,26,31H,8,17-20H2,1-7H3/t26-,31+/m1/s1. The second-order valence-corrected chi connectivity index (χ2v) is 14.6. The molecule has 10 heteroatoms. The molecule has 0 amide bonds. The second-order valence-electron chi connectivity index (χ2n) is 12.5. The Balaban J connectivity index is 1.59. The lowest BCUT2D eigenvalue weighted by atomic mass is 9.68. The minimum absolute atomic E-state index is 0.0637. The zero-order valence-electron chi connectivity index (χ0n) is 26.1. The maximum Gasteiger partial charge on any atom is 0.154 e. The van der Waals surface area contributed by atoms with Crippen molar-refractivity contribution >= 4 is 26.7 Å². The van der Waals surface area contributed by atoms with E-state index in [4.69, 9.17) is 4.74 Å². The normalized spacial score (nSPS) is 16.9. The quantitative estimate of drug-likeness (QED) is 0.265. The molecule has 1 aliphatic rings. The Morgan fingerprint density at radius 1 is 1.16 bits per heavy atom. The van der Waals surface area contributed by atoms with E-state index in [1.807, 2.05) is 52.2 Å². The number of ketones is 1. The van der Waals surface area contributed by atoms with Crippen LogP contribution in [0.3, 0.4) is 0 Å². The van der Waals surface area contributed by atoms with Gasteiger partial charge in [0.05, 0.1) is 5.52 Å². The van der Waals surface area contributed by atoms with E-state index in [1.165, 1.54) is 0 Å². The molecule has 5 rings (SSSR count). The summed E-state index contributed by atoms with van der Waals surface area (Å²) >= 11 is 0. The molecular formula is C33H41N5O4S. The molecule has 2 atom stereocenters. The zero-order valence-corrected chi connectivity index (χ0v) is 26.9. The number of carbonyl (C=O) groups excluding carboxylic acids is 1. The van der Waals surface area contributed by atoms with Gasteiger partial charge in [-0.2, -0.15) is 0 Å². The Hall–Kier alpha value is -3.63. The number of carbonyl (C=O) groups is 1. The predicted molar refractivity (Wildman–Crippen MR) is 168 cm³/mol. The van der Waals surface area contributed by atoms with Crippen molar-refractivity contribution in [3.05, 3.63) is 82.2 Å². The molecule has 0 saturated heterocycles. The lowest BCUT2D eigenvalue weighted by molar-refractivity contribution is -0.125. The maximum absolute atomic E-state index is 13.7. The minimum atomic E-state index is -3.51. The Morgan fingerprint density at radius 3 is 2.65 bits per heavy atom. The predicted octanol–water partition coefficient (Wildman–Crippen LogP) is 4.93. The number of hydrogen-bond donors (Lipinski definition) is 0. The van der Waals surface area contributed by atoms with Crippen LogP contribution < -0.4 is 4.74 Å². The molecule has 4 aromatic rings. The summed E-state index contributed by atoms with van der Waals surface area (Å²) in [6.07, 6.45) is 5.70. The number of fused-ring (bicyclic) bond motifs is 2. The van der Waals surface area contributed by atoms with Crippen LogP contribution in [0, 0.1) is 19.3 Å². The number of benzene rings is 2. The maximum atomic E-state index is 13.7. The monoisotopic (exact) mass is 603 g/mol. The highest BCUT2D eigenvalue weighted by Gasteiger charge is 2.41. The van der Waals surface area contributed by atoms with E-state index in [0.717, 1.165) is 69.4 Å². The molecule has 0 radical (unpaired) electrons. The smallest absolute Gasteiger partial charge is 0.154 e. The van der Waals surface area contributed by atoms with Crippen molar-refractivity contribution in [1.82, 2.24) is 24.9 Å². The highest BCUT2D eigenvalue weighted by molar-refractivity contribution is 7.91. The van der Waals surface area contributed by atoms with Crippen molar-refractivity contribution in [3.8, 4) is 5.75 Å². The largest absolute Gasteiger partial charge is 0.489 e. The molecular weight excluding hydrogens is 562 g/mol. The van der Waals surface area contributed by atoms with Crippen LogP contribution in [0.1, 0.15) is 66.5 Å². The second kappa shape index (κ2) is 11.8. The van der Waals surface area contributed by atoms with Crippen molar-refractivity contribution in [1.29, 1.82) is 0 Å². The number of nitrogens with zero attached hydrogens (tertiary/aromatic N) is 5. The van der Waals surface area contributed by atoms with Crippen LogP contribution in [0.5, 0.6) is 5.75 Å². The number of aromatic nitrogens is 4. The Bertz CT molecular complexity index is 1780. The van der Waals surface area contributed by atoms with Gasteiger partial charge in [0.1, 0.15) is 23.1 Å². The van der Waals surface area contributed by atoms with Crippen molar-refractivity contribution in [2.75, 3.05) is 18.6 Å². The lowest BCUT2D eigenvalue weighted by Crippen LogP contribution is -2.37. The van der Waals surface area contributed by atoms with Crippen LogP contribution in [0.25, 0.3) is 11.0 Å². The van der Waals surface area contributed by atoms with Gasteiger partial charge in [-0.15, -0.1) is 5.10 Å². The molecule has 9 nitrogen and oxygen atoms in total. The highest BCUT2D eigenvalue weighted by Crippen LogP contribution is 2.44. The molecule has 1 aliphatic heterocycles. The summed E-state index contributed by atoms with van der Waals surface area (Å²) in [6, 6.07) is 12.3. The average Bonchev–Trinajstić information content (AvgIpc) is 3.22. The Labute approximate surface area is 254 Å². The topological polar surface area (TPSA) is 107 Å². The van der Waals surface area contributed by atoms with E-state index in [1.54, 1.807) is 10.9 Å². The molecule has 0 unspecified atom stereocenters. The number of sulfone groups is 1.